The van der Waals surface area contributed by atoms with Crippen LogP contribution in [0.3, 0.4) is 0 Å². The number of amides is 1. The summed E-state index contributed by atoms with van der Waals surface area (Å²) in [6.45, 7) is 2.75. The number of hydrogen-bond donors (Lipinski definition) is 2. The first-order valence-corrected chi connectivity index (χ1v) is 10.8. The van der Waals surface area contributed by atoms with Crippen molar-refractivity contribution in [2.24, 2.45) is 0 Å². The molecule has 0 unspecified atom stereocenters. The van der Waals surface area contributed by atoms with Crippen LogP contribution in [-0.4, -0.2) is 25.7 Å². The minimum atomic E-state index is -0.380. The molecule has 4 aromatic rings. The number of carbonyl (C=O) groups excluding carboxylic acids is 1. The molecule has 33 heavy (non-hydrogen) atoms. The summed E-state index contributed by atoms with van der Waals surface area (Å²) in [6, 6.07) is 17.3. The largest absolute Gasteiger partial charge is 0.439 e. The van der Waals surface area contributed by atoms with Crippen LogP contribution >= 0.6 is 12.2 Å². The van der Waals surface area contributed by atoms with Gasteiger partial charge in [0, 0.05) is 43.4 Å². The third kappa shape index (κ3) is 5.89. The van der Waals surface area contributed by atoms with Crippen LogP contribution in [0.15, 0.2) is 66.9 Å². The molecule has 2 heterocycles. The third-order valence-electron chi connectivity index (χ3n) is 4.94. The van der Waals surface area contributed by atoms with Crippen molar-refractivity contribution >= 4 is 18.1 Å². The molecule has 2 aromatic carbocycles. The maximum absolute atomic E-state index is 13.3. The summed E-state index contributed by atoms with van der Waals surface area (Å²) >= 11 is 5.33. The molecule has 2 N–H and O–H groups in total. The van der Waals surface area contributed by atoms with Crippen molar-refractivity contribution in [3.63, 3.8) is 0 Å². The van der Waals surface area contributed by atoms with Gasteiger partial charge in [-0.3, -0.25) is 14.5 Å². The van der Waals surface area contributed by atoms with Crippen LogP contribution < -0.4 is 10.1 Å². The molecule has 9 heteroatoms. The molecule has 0 aliphatic carbocycles. The van der Waals surface area contributed by atoms with E-state index in [0.29, 0.717) is 35.3 Å². The molecule has 1 amide bonds. The molecule has 0 radical (unpaired) electrons. The van der Waals surface area contributed by atoms with Gasteiger partial charge in [-0.05, 0) is 36.8 Å². The molecule has 2 aromatic heterocycles. The standard InChI is InChI=1S/C24H22FN5O2S/c1-16-5-8-18(9-6-16)23-28-29-24(33)30(23)12-11-21(31)26-14-17-7-10-22(27-15-17)32-20-4-2-3-19(25)13-20/h2-10,13,15H,11-12,14H2,1H3,(H,26,31)(H,29,33). The monoisotopic (exact) mass is 463 g/mol. The summed E-state index contributed by atoms with van der Waals surface area (Å²) in [5.74, 6) is 0.911. The molecule has 0 saturated heterocycles. The maximum atomic E-state index is 13.3. The zero-order chi connectivity index (χ0) is 23.2. The number of pyridine rings is 1. The Labute approximate surface area is 195 Å². The van der Waals surface area contributed by atoms with Crippen molar-refractivity contribution in [2.75, 3.05) is 0 Å². The van der Waals surface area contributed by atoms with E-state index in [0.717, 1.165) is 16.7 Å². The Morgan fingerprint density at radius 1 is 1.18 bits per heavy atom. The number of rotatable bonds is 8. The second-order valence-corrected chi connectivity index (χ2v) is 7.85. The lowest BCUT2D eigenvalue weighted by molar-refractivity contribution is -0.121. The predicted molar refractivity (Wildman–Crippen MR) is 125 cm³/mol. The highest BCUT2D eigenvalue weighted by atomic mass is 32.1. The number of benzene rings is 2. The molecule has 0 saturated carbocycles. The number of H-pyrrole nitrogens is 1. The van der Waals surface area contributed by atoms with Crippen molar-refractivity contribution in [1.82, 2.24) is 25.1 Å². The molecule has 0 bridgehead atoms. The van der Waals surface area contributed by atoms with Gasteiger partial charge in [0.2, 0.25) is 11.8 Å². The second kappa shape index (κ2) is 10.2. The van der Waals surface area contributed by atoms with E-state index in [1.807, 2.05) is 35.8 Å². The lowest BCUT2D eigenvalue weighted by Gasteiger charge is -2.09. The Balaban J connectivity index is 1.30. The van der Waals surface area contributed by atoms with Crippen molar-refractivity contribution in [3.8, 4) is 23.0 Å². The van der Waals surface area contributed by atoms with Crippen molar-refractivity contribution < 1.29 is 13.9 Å². The first-order valence-electron chi connectivity index (χ1n) is 10.4. The normalized spacial score (nSPS) is 10.7. The number of aryl methyl sites for hydroxylation is 1. The number of aromatic nitrogens is 4. The number of ether oxygens (including phenoxy) is 1. The van der Waals surface area contributed by atoms with Gasteiger partial charge >= 0.3 is 0 Å². The summed E-state index contributed by atoms with van der Waals surface area (Å²) in [5, 5.41) is 9.98. The Kier molecular flexibility index (Phi) is 6.89. The molecule has 168 valence electrons. The first-order chi connectivity index (χ1) is 16.0. The lowest BCUT2D eigenvalue weighted by atomic mass is 10.1. The van der Waals surface area contributed by atoms with Gasteiger partial charge in [0.25, 0.3) is 0 Å². The molecule has 0 aliphatic heterocycles. The molecule has 7 nitrogen and oxygen atoms in total. The van der Waals surface area contributed by atoms with Crippen molar-refractivity contribution in [1.29, 1.82) is 0 Å². The maximum Gasteiger partial charge on any atom is 0.222 e. The summed E-state index contributed by atoms with van der Waals surface area (Å²) in [4.78, 5) is 16.6. The van der Waals surface area contributed by atoms with Gasteiger partial charge in [-0.25, -0.2) is 9.37 Å². The van der Waals surface area contributed by atoms with E-state index in [-0.39, 0.29) is 18.1 Å². The van der Waals surface area contributed by atoms with Crippen LogP contribution in [0, 0.1) is 17.5 Å². The topological polar surface area (TPSA) is 84.8 Å². The average Bonchev–Trinajstić information content (AvgIpc) is 3.18. The smallest absolute Gasteiger partial charge is 0.222 e. The van der Waals surface area contributed by atoms with Crippen LogP contribution in [0.1, 0.15) is 17.5 Å². The number of hydrogen-bond acceptors (Lipinski definition) is 5. The predicted octanol–water partition coefficient (Wildman–Crippen LogP) is 4.95. The average molecular weight is 464 g/mol. The van der Waals surface area contributed by atoms with Crippen LogP contribution in [0.4, 0.5) is 4.39 Å². The number of nitrogens with one attached hydrogen (secondary N) is 2. The fraction of sp³-hybridized carbons (Fsp3) is 0.167. The van der Waals surface area contributed by atoms with E-state index in [9.17, 15) is 9.18 Å². The Hall–Kier alpha value is -3.85. The number of carbonyl (C=O) groups is 1. The first kappa shape index (κ1) is 22.3. The lowest BCUT2D eigenvalue weighted by Crippen LogP contribution is -2.24. The van der Waals surface area contributed by atoms with Gasteiger partial charge in [-0.1, -0.05) is 42.0 Å². The van der Waals surface area contributed by atoms with Crippen LogP contribution in [0.5, 0.6) is 11.6 Å². The highest BCUT2D eigenvalue weighted by Crippen LogP contribution is 2.20. The summed E-state index contributed by atoms with van der Waals surface area (Å²) < 4.78 is 21.1. The van der Waals surface area contributed by atoms with Gasteiger partial charge in [-0.15, -0.1) is 0 Å². The number of aromatic amines is 1. The quantitative estimate of drug-likeness (QED) is 0.361. The molecule has 0 fully saturated rings. The van der Waals surface area contributed by atoms with Gasteiger partial charge in [0.05, 0.1) is 0 Å². The molecule has 0 aliphatic rings. The molecular formula is C24H22FN5O2S. The molecule has 0 spiro atoms. The van der Waals surface area contributed by atoms with Gasteiger partial charge in [-0.2, -0.15) is 5.10 Å². The van der Waals surface area contributed by atoms with Crippen molar-refractivity contribution in [3.05, 3.63) is 88.6 Å². The summed E-state index contributed by atoms with van der Waals surface area (Å²) in [5.41, 5.74) is 2.90. The highest BCUT2D eigenvalue weighted by molar-refractivity contribution is 7.71. The number of nitrogens with zero attached hydrogens (tertiary/aromatic N) is 3. The van der Waals surface area contributed by atoms with E-state index < -0.39 is 0 Å². The van der Waals surface area contributed by atoms with Crippen LogP contribution in [-0.2, 0) is 17.9 Å². The summed E-state index contributed by atoms with van der Waals surface area (Å²) in [7, 11) is 0. The second-order valence-electron chi connectivity index (χ2n) is 7.46. The zero-order valence-electron chi connectivity index (χ0n) is 17.9. The highest BCUT2D eigenvalue weighted by Gasteiger charge is 2.11. The third-order valence-corrected chi connectivity index (χ3v) is 5.25. The minimum absolute atomic E-state index is 0.118. The van der Waals surface area contributed by atoms with Gasteiger partial charge in [0.1, 0.15) is 11.6 Å². The van der Waals surface area contributed by atoms with E-state index in [1.165, 1.54) is 12.1 Å². The van der Waals surface area contributed by atoms with Crippen LogP contribution in [0.2, 0.25) is 0 Å². The fourth-order valence-corrected chi connectivity index (χ4v) is 3.40. The van der Waals surface area contributed by atoms with Crippen LogP contribution in [0.25, 0.3) is 11.4 Å². The van der Waals surface area contributed by atoms with E-state index in [4.69, 9.17) is 17.0 Å². The van der Waals surface area contributed by atoms with E-state index in [2.05, 4.69) is 20.5 Å². The Morgan fingerprint density at radius 2 is 2.00 bits per heavy atom. The summed E-state index contributed by atoms with van der Waals surface area (Å²) in [6.07, 6.45) is 1.86. The van der Waals surface area contributed by atoms with Crippen molar-refractivity contribution in [2.45, 2.75) is 26.4 Å². The van der Waals surface area contributed by atoms with Gasteiger partial charge < -0.3 is 10.1 Å². The minimum Gasteiger partial charge on any atom is -0.439 e. The Morgan fingerprint density at radius 3 is 2.73 bits per heavy atom. The molecule has 0 atom stereocenters. The molecular weight excluding hydrogens is 441 g/mol. The van der Waals surface area contributed by atoms with Gasteiger partial charge in [0.15, 0.2) is 10.6 Å². The zero-order valence-corrected chi connectivity index (χ0v) is 18.7. The van der Waals surface area contributed by atoms with E-state index in [1.54, 1.807) is 30.5 Å². The SMILES string of the molecule is Cc1ccc(-c2n[nH]c(=S)n2CCC(=O)NCc2ccc(Oc3cccc(F)c3)nc2)cc1. The van der Waals surface area contributed by atoms with E-state index >= 15 is 0 Å². The molecule has 4 rings (SSSR count). The Bertz CT molecular complexity index is 1300. The number of halogens is 1. The fourth-order valence-electron chi connectivity index (χ4n) is 3.18.